The summed E-state index contributed by atoms with van der Waals surface area (Å²) < 4.78 is 0. The highest BCUT2D eigenvalue weighted by molar-refractivity contribution is 5.86. The normalized spacial score (nSPS) is 30.9. The maximum absolute atomic E-state index is 12.7. The van der Waals surface area contributed by atoms with Crippen LogP contribution in [-0.2, 0) is 4.79 Å². The lowest BCUT2D eigenvalue weighted by Crippen LogP contribution is -2.55. The zero-order valence-electron chi connectivity index (χ0n) is 12.6. The van der Waals surface area contributed by atoms with E-state index < -0.39 is 5.54 Å². The SMILES string of the molecule is NC1(C(=O)N2CCC(CN3CCCC3)C2)CCCCC1. The Labute approximate surface area is 122 Å². The van der Waals surface area contributed by atoms with Crippen molar-refractivity contribution < 1.29 is 4.79 Å². The maximum Gasteiger partial charge on any atom is 0.242 e. The first-order valence-electron chi connectivity index (χ1n) is 8.48. The van der Waals surface area contributed by atoms with Crippen LogP contribution in [0.5, 0.6) is 0 Å². The van der Waals surface area contributed by atoms with Gasteiger partial charge < -0.3 is 15.5 Å². The summed E-state index contributed by atoms with van der Waals surface area (Å²) in [6.45, 7) is 5.56. The molecule has 3 aliphatic rings. The second-order valence-electron chi connectivity index (χ2n) is 7.13. The second kappa shape index (κ2) is 6.02. The standard InChI is InChI=1S/C16H29N3O/c17-16(7-2-1-3-8-16)15(20)19-11-6-14(13-19)12-18-9-4-5-10-18/h14H,1-13,17H2. The van der Waals surface area contributed by atoms with Gasteiger partial charge in [0.25, 0.3) is 0 Å². The fourth-order valence-corrected chi connectivity index (χ4v) is 4.21. The van der Waals surface area contributed by atoms with Crippen molar-refractivity contribution in [2.45, 2.75) is 56.9 Å². The molecule has 1 atom stereocenters. The van der Waals surface area contributed by atoms with E-state index in [2.05, 4.69) is 9.80 Å². The summed E-state index contributed by atoms with van der Waals surface area (Å²) in [6, 6.07) is 0. The molecule has 0 radical (unpaired) electrons. The average Bonchev–Trinajstić information content (AvgIpc) is 3.11. The van der Waals surface area contributed by atoms with Crippen LogP contribution in [0.4, 0.5) is 0 Å². The molecule has 3 fully saturated rings. The molecule has 114 valence electrons. The molecule has 2 saturated heterocycles. The van der Waals surface area contributed by atoms with Crippen LogP contribution in [0.2, 0.25) is 0 Å². The van der Waals surface area contributed by atoms with E-state index in [4.69, 9.17) is 5.73 Å². The van der Waals surface area contributed by atoms with E-state index in [-0.39, 0.29) is 5.91 Å². The molecule has 1 aliphatic carbocycles. The highest BCUT2D eigenvalue weighted by Crippen LogP contribution is 2.30. The van der Waals surface area contributed by atoms with Crippen molar-refractivity contribution in [3.63, 3.8) is 0 Å². The third-order valence-corrected chi connectivity index (χ3v) is 5.46. The average molecular weight is 279 g/mol. The number of carbonyl (C=O) groups is 1. The van der Waals surface area contributed by atoms with E-state index in [1.54, 1.807) is 0 Å². The van der Waals surface area contributed by atoms with Crippen molar-refractivity contribution in [1.29, 1.82) is 0 Å². The molecule has 3 rings (SSSR count). The van der Waals surface area contributed by atoms with Gasteiger partial charge in [0.1, 0.15) is 0 Å². The van der Waals surface area contributed by atoms with Crippen molar-refractivity contribution in [1.82, 2.24) is 9.80 Å². The molecule has 4 nitrogen and oxygen atoms in total. The van der Waals surface area contributed by atoms with Crippen LogP contribution in [0.15, 0.2) is 0 Å². The first kappa shape index (κ1) is 14.3. The summed E-state index contributed by atoms with van der Waals surface area (Å²) in [5.41, 5.74) is 5.85. The zero-order valence-corrected chi connectivity index (χ0v) is 12.6. The van der Waals surface area contributed by atoms with Gasteiger partial charge in [0.2, 0.25) is 5.91 Å². The molecule has 2 N–H and O–H groups in total. The van der Waals surface area contributed by atoms with Gasteiger partial charge in [-0.3, -0.25) is 4.79 Å². The van der Waals surface area contributed by atoms with E-state index in [9.17, 15) is 4.79 Å². The largest absolute Gasteiger partial charge is 0.341 e. The van der Waals surface area contributed by atoms with Crippen LogP contribution in [0.3, 0.4) is 0 Å². The molecule has 0 aromatic carbocycles. The Morgan fingerprint density at radius 2 is 1.75 bits per heavy atom. The van der Waals surface area contributed by atoms with Gasteiger partial charge in [-0.2, -0.15) is 0 Å². The Kier molecular flexibility index (Phi) is 4.32. The smallest absolute Gasteiger partial charge is 0.242 e. The predicted octanol–water partition coefficient (Wildman–Crippen LogP) is 1.59. The molecular weight excluding hydrogens is 250 g/mol. The van der Waals surface area contributed by atoms with Crippen molar-refractivity contribution in [3.05, 3.63) is 0 Å². The topological polar surface area (TPSA) is 49.6 Å². The van der Waals surface area contributed by atoms with Gasteiger partial charge in [0, 0.05) is 19.6 Å². The lowest BCUT2D eigenvalue weighted by Gasteiger charge is -2.35. The Balaban J connectivity index is 1.52. The summed E-state index contributed by atoms with van der Waals surface area (Å²) >= 11 is 0. The van der Waals surface area contributed by atoms with Gasteiger partial charge in [-0.05, 0) is 51.1 Å². The quantitative estimate of drug-likeness (QED) is 0.853. The first-order chi connectivity index (χ1) is 9.67. The minimum atomic E-state index is -0.541. The molecule has 20 heavy (non-hydrogen) atoms. The number of rotatable bonds is 3. The van der Waals surface area contributed by atoms with Gasteiger partial charge >= 0.3 is 0 Å². The van der Waals surface area contributed by atoms with Crippen LogP contribution >= 0.6 is 0 Å². The Bertz CT molecular complexity index is 346. The lowest BCUT2D eigenvalue weighted by atomic mass is 9.81. The van der Waals surface area contributed by atoms with E-state index in [1.807, 2.05) is 0 Å². The van der Waals surface area contributed by atoms with Gasteiger partial charge in [-0.15, -0.1) is 0 Å². The first-order valence-corrected chi connectivity index (χ1v) is 8.48. The summed E-state index contributed by atoms with van der Waals surface area (Å²) in [7, 11) is 0. The number of amides is 1. The molecule has 2 aliphatic heterocycles. The summed E-state index contributed by atoms with van der Waals surface area (Å²) in [6.07, 6.45) is 9.11. The predicted molar refractivity (Wildman–Crippen MR) is 80.4 cm³/mol. The molecule has 0 aromatic rings. The molecule has 4 heteroatoms. The lowest BCUT2D eigenvalue weighted by molar-refractivity contribution is -0.137. The van der Waals surface area contributed by atoms with Crippen molar-refractivity contribution >= 4 is 5.91 Å². The molecule has 0 aromatic heterocycles. The molecule has 0 bridgehead atoms. The number of nitrogens with zero attached hydrogens (tertiary/aromatic N) is 2. The van der Waals surface area contributed by atoms with Crippen LogP contribution in [0, 0.1) is 5.92 Å². The number of nitrogens with two attached hydrogens (primary N) is 1. The van der Waals surface area contributed by atoms with Crippen molar-refractivity contribution in [3.8, 4) is 0 Å². The highest BCUT2D eigenvalue weighted by Gasteiger charge is 2.40. The van der Waals surface area contributed by atoms with Gasteiger partial charge in [-0.25, -0.2) is 0 Å². The minimum Gasteiger partial charge on any atom is -0.341 e. The summed E-state index contributed by atoms with van der Waals surface area (Å²) in [4.78, 5) is 17.3. The number of hydrogen-bond donors (Lipinski definition) is 1. The third kappa shape index (κ3) is 3.01. The molecular formula is C16H29N3O. The zero-order chi connectivity index (χ0) is 14.0. The number of hydrogen-bond acceptors (Lipinski definition) is 3. The Morgan fingerprint density at radius 1 is 1.05 bits per heavy atom. The number of carbonyl (C=O) groups excluding carboxylic acids is 1. The van der Waals surface area contributed by atoms with Crippen molar-refractivity contribution in [2.24, 2.45) is 11.7 Å². The van der Waals surface area contributed by atoms with Gasteiger partial charge in [0.15, 0.2) is 0 Å². The van der Waals surface area contributed by atoms with Crippen LogP contribution in [0.1, 0.15) is 51.4 Å². The van der Waals surface area contributed by atoms with E-state index in [0.717, 1.165) is 38.8 Å². The van der Waals surface area contributed by atoms with E-state index >= 15 is 0 Å². The Morgan fingerprint density at radius 3 is 2.45 bits per heavy atom. The Hall–Kier alpha value is -0.610. The van der Waals surface area contributed by atoms with E-state index in [0.29, 0.717) is 5.92 Å². The summed E-state index contributed by atoms with van der Waals surface area (Å²) in [5, 5.41) is 0. The van der Waals surface area contributed by atoms with Crippen LogP contribution < -0.4 is 5.73 Å². The molecule has 1 unspecified atom stereocenters. The van der Waals surface area contributed by atoms with Crippen LogP contribution in [-0.4, -0.2) is 54.0 Å². The monoisotopic (exact) mass is 279 g/mol. The molecule has 2 heterocycles. The van der Waals surface area contributed by atoms with Crippen LogP contribution in [0.25, 0.3) is 0 Å². The minimum absolute atomic E-state index is 0.237. The van der Waals surface area contributed by atoms with Gasteiger partial charge in [0.05, 0.1) is 5.54 Å². The fourth-order valence-electron chi connectivity index (χ4n) is 4.21. The fraction of sp³-hybridized carbons (Fsp3) is 0.938. The number of likely N-dealkylation sites (tertiary alicyclic amines) is 2. The third-order valence-electron chi connectivity index (χ3n) is 5.46. The van der Waals surface area contributed by atoms with E-state index in [1.165, 1.54) is 45.3 Å². The highest BCUT2D eigenvalue weighted by atomic mass is 16.2. The summed E-state index contributed by atoms with van der Waals surface area (Å²) in [5.74, 6) is 0.908. The molecule has 1 saturated carbocycles. The molecule has 1 amide bonds. The van der Waals surface area contributed by atoms with Gasteiger partial charge in [-0.1, -0.05) is 19.3 Å². The van der Waals surface area contributed by atoms with Crippen molar-refractivity contribution in [2.75, 3.05) is 32.7 Å². The second-order valence-corrected chi connectivity index (χ2v) is 7.13. The molecule has 0 spiro atoms. The maximum atomic E-state index is 12.7.